The Bertz CT molecular complexity index is 493. The van der Waals surface area contributed by atoms with Crippen LogP contribution in [0.25, 0.3) is 0 Å². The Morgan fingerprint density at radius 3 is 0.750 bits per heavy atom. The molecule has 14 nitrogen and oxygen atoms in total. The maximum absolute atomic E-state index is 10.7. The van der Waals surface area contributed by atoms with Crippen molar-refractivity contribution >= 4 is 30.4 Å². The molecule has 0 heterocycles. The molecule has 0 radical (unpaired) electrons. The van der Waals surface area contributed by atoms with Crippen molar-refractivity contribution in [2.75, 3.05) is 38.2 Å². The van der Waals surface area contributed by atoms with Crippen LogP contribution in [0.3, 0.4) is 0 Å². The molecule has 0 amide bonds. The quantitative estimate of drug-likeness (QED) is 0.255. The first-order valence-corrected chi connectivity index (χ1v) is 14.0. The van der Waals surface area contributed by atoms with Crippen LogP contribution in [0.1, 0.15) is 28.7 Å². The normalized spacial score (nSPS) is 12.7. The second-order valence-corrected chi connectivity index (χ2v) is 11.2. The largest absolute Gasteiger partial charge is 0.807 e. The lowest BCUT2D eigenvalue weighted by molar-refractivity contribution is -0.940. The summed E-state index contributed by atoms with van der Waals surface area (Å²) in [6.07, 6.45) is -5.25. The molecule has 0 fully saturated rings. The maximum Gasteiger partial charge on any atom is 0.127 e. The van der Waals surface area contributed by atoms with Gasteiger partial charge in [-0.3, -0.25) is 0 Å². The molecule has 0 rings (SSSR count). The molecular weight excluding hydrogens is 464 g/mol. The lowest BCUT2D eigenvalue weighted by Crippen LogP contribution is -3.20. The third-order valence-corrected chi connectivity index (χ3v) is 5.84. The summed E-state index contributed by atoms with van der Waals surface area (Å²) in [7, 11) is -21.0. The van der Waals surface area contributed by atoms with Gasteiger partial charge in [0.15, 0.2) is 0 Å². The minimum Gasteiger partial charge on any atom is -0.807 e. The van der Waals surface area contributed by atoms with E-state index < -0.39 is 78.4 Å². The van der Waals surface area contributed by atoms with Gasteiger partial charge < -0.3 is 67.2 Å². The van der Waals surface area contributed by atoms with Crippen LogP contribution in [-0.4, -0.2) is 38.2 Å². The molecule has 18 heteroatoms. The van der Waals surface area contributed by atoms with Crippen molar-refractivity contribution in [3.05, 3.63) is 0 Å². The molecule has 0 saturated carbocycles. The van der Waals surface area contributed by atoms with E-state index in [1.165, 1.54) is 0 Å². The predicted octanol–water partition coefficient (Wildman–Crippen LogP) is -7.46. The molecule has 0 aliphatic heterocycles. The topological polar surface area (TPSA) is 262 Å². The molecule has 0 atom stereocenters. The van der Waals surface area contributed by atoms with Crippen LogP contribution in [-0.2, 0) is 18.3 Å². The number of hydrogen-bond donors (Lipinski definition) is 2. The summed E-state index contributed by atoms with van der Waals surface area (Å²) in [6, 6.07) is 0. The SMILES string of the molecule is C.C.CC.O=P([O-])([O-])C[NH+](CC[NH+](CP(=O)([O-])[O-])CP(=O)([O-])[O-])CP(=O)([O-])[O-]. The average Bonchev–Trinajstić information content (AvgIpc) is 2.30. The van der Waals surface area contributed by atoms with E-state index >= 15 is 0 Å². The molecule has 2 N–H and O–H groups in total. The van der Waals surface area contributed by atoms with Gasteiger partial charge in [0.2, 0.25) is 0 Å². The second-order valence-electron chi connectivity index (χ2n) is 5.08. The molecule has 0 aliphatic rings. The molecule has 0 aromatic carbocycles. The fourth-order valence-corrected chi connectivity index (χ4v) is 5.49. The highest BCUT2D eigenvalue weighted by atomic mass is 31.2. The smallest absolute Gasteiger partial charge is 0.127 e. The minimum absolute atomic E-state index is 0. The molecular formula is C10H28N2O12P4-6. The second kappa shape index (κ2) is 14.5. The van der Waals surface area contributed by atoms with Crippen molar-refractivity contribution in [3.63, 3.8) is 0 Å². The van der Waals surface area contributed by atoms with E-state index in [4.69, 9.17) is 0 Å². The number of hydrogen-bond acceptors (Lipinski definition) is 12. The predicted molar refractivity (Wildman–Crippen MR) is 86.4 cm³/mol. The molecule has 0 aromatic heterocycles. The Hall–Kier alpha value is 0.520. The van der Waals surface area contributed by atoms with Crippen LogP contribution in [0.4, 0.5) is 0 Å². The van der Waals surface area contributed by atoms with Gasteiger partial charge in [0, 0.05) is 0 Å². The lowest BCUT2D eigenvalue weighted by atomic mass is 10.5. The van der Waals surface area contributed by atoms with Crippen molar-refractivity contribution in [2.45, 2.75) is 28.7 Å². The summed E-state index contributed by atoms with van der Waals surface area (Å²) in [5.41, 5.74) is 0. The highest BCUT2D eigenvalue weighted by Crippen LogP contribution is 2.22. The van der Waals surface area contributed by atoms with Gasteiger partial charge in [0.25, 0.3) is 0 Å². The summed E-state index contributed by atoms with van der Waals surface area (Å²) < 4.78 is 42.8. The molecule has 0 unspecified atom stereocenters. The van der Waals surface area contributed by atoms with E-state index in [-0.39, 0.29) is 14.9 Å². The monoisotopic (exact) mass is 492 g/mol. The first-order chi connectivity index (χ1) is 11.4. The van der Waals surface area contributed by atoms with Gasteiger partial charge in [-0.2, -0.15) is 0 Å². The Morgan fingerprint density at radius 2 is 0.643 bits per heavy atom. The summed E-state index contributed by atoms with van der Waals surface area (Å²) in [6.45, 7) is 2.69. The molecule has 0 bridgehead atoms. The lowest BCUT2D eigenvalue weighted by Gasteiger charge is -2.40. The molecule has 28 heavy (non-hydrogen) atoms. The first kappa shape index (κ1) is 35.9. The minimum atomic E-state index is -5.25. The Kier molecular flexibility index (Phi) is 18.6. The van der Waals surface area contributed by atoms with E-state index in [0.717, 1.165) is 0 Å². The Labute approximate surface area is 165 Å². The summed E-state index contributed by atoms with van der Waals surface area (Å²) >= 11 is 0. The van der Waals surface area contributed by atoms with E-state index in [9.17, 15) is 57.4 Å². The zero-order valence-electron chi connectivity index (χ0n) is 13.9. The molecule has 0 aliphatic carbocycles. The zero-order chi connectivity index (χ0) is 21.4. The van der Waals surface area contributed by atoms with Gasteiger partial charge >= 0.3 is 0 Å². The summed E-state index contributed by atoms with van der Waals surface area (Å²) in [5, 5.41) is 0. The third-order valence-electron chi connectivity index (χ3n) is 2.50. The van der Waals surface area contributed by atoms with E-state index in [0.29, 0.717) is 0 Å². The van der Waals surface area contributed by atoms with Crippen molar-refractivity contribution in [2.24, 2.45) is 0 Å². The molecule has 0 saturated heterocycles. The van der Waals surface area contributed by atoms with Gasteiger partial charge in [-0.25, -0.2) is 0 Å². The van der Waals surface area contributed by atoms with Crippen LogP contribution in [0.15, 0.2) is 0 Å². The molecule has 176 valence electrons. The standard InChI is InChI=1S/C6H20N2O12P4.C2H6.2CH4/c9-21(10,11)3-7(4-22(12,13)14)1-2-8(5-23(15,16)17)6-24(18,19)20;1-2;;/h1-6H2,(H2,9,10,11)(H2,12,13,14)(H2,15,16,17)(H2,18,19,20);1-2H3;2*1H4/p-6. The molecule has 0 aromatic rings. The van der Waals surface area contributed by atoms with Crippen molar-refractivity contribution in [1.82, 2.24) is 0 Å². The van der Waals surface area contributed by atoms with E-state index in [1.807, 2.05) is 13.8 Å². The van der Waals surface area contributed by atoms with Gasteiger partial charge in [0.1, 0.15) is 38.2 Å². The van der Waals surface area contributed by atoms with Crippen molar-refractivity contribution in [1.29, 1.82) is 0 Å². The zero-order valence-corrected chi connectivity index (χ0v) is 17.5. The van der Waals surface area contributed by atoms with Crippen LogP contribution < -0.4 is 48.9 Å². The van der Waals surface area contributed by atoms with Crippen molar-refractivity contribution < 1.29 is 67.2 Å². The summed E-state index contributed by atoms with van der Waals surface area (Å²) in [5.74, 6) is 0. The highest BCUT2D eigenvalue weighted by Gasteiger charge is 2.18. The molecule has 0 spiro atoms. The number of quaternary nitrogens is 2. The van der Waals surface area contributed by atoms with Crippen LogP contribution in [0, 0.1) is 0 Å². The van der Waals surface area contributed by atoms with Gasteiger partial charge in [-0.05, 0) is 30.4 Å². The van der Waals surface area contributed by atoms with Crippen LogP contribution in [0.5, 0.6) is 0 Å². The van der Waals surface area contributed by atoms with E-state index in [2.05, 4.69) is 0 Å². The third kappa shape index (κ3) is 26.5. The van der Waals surface area contributed by atoms with Crippen molar-refractivity contribution in [3.8, 4) is 0 Å². The van der Waals surface area contributed by atoms with Crippen LogP contribution >= 0.6 is 30.4 Å². The fourth-order valence-electron chi connectivity index (χ4n) is 1.87. The fraction of sp³-hybridized carbons (Fsp3) is 1.00. The average molecular weight is 492 g/mol. The highest BCUT2D eigenvalue weighted by molar-refractivity contribution is 7.49. The Balaban J connectivity index is -0.000000695. The number of nitrogens with one attached hydrogen (secondary N) is 2. The van der Waals surface area contributed by atoms with E-state index in [1.54, 1.807) is 0 Å². The summed E-state index contributed by atoms with van der Waals surface area (Å²) in [4.78, 5) is 84.4. The Morgan fingerprint density at radius 1 is 0.500 bits per heavy atom. The van der Waals surface area contributed by atoms with Gasteiger partial charge in [-0.15, -0.1) is 0 Å². The van der Waals surface area contributed by atoms with Gasteiger partial charge in [0.05, 0.1) is 0 Å². The van der Waals surface area contributed by atoms with Gasteiger partial charge in [-0.1, -0.05) is 28.7 Å². The first-order valence-electron chi connectivity index (χ1n) is 7.08. The van der Waals surface area contributed by atoms with Crippen LogP contribution in [0.2, 0.25) is 0 Å². The number of rotatable bonds is 11. The maximum atomic E-state index is 10.7.